The fourth-order valence-corrected chi connectivity index (χ4v) is 2.44. The molecular weight excluding hydrogens is 276 g/mol. The molecule has 0 saturated carbocycles. The summed E-state index contributed by atoms with van der Waals surface area (Å²) in [5.41, 5.74) is 1.06. The normalized spacial score (nSPS) is 18.2. The van der Waals surface area contributed by atoms with E-state index in [1.807, 2.05) is 0 Å². The van der Waals surface area contributed by atoms with Crippen LogP contribution in [-0.4, -0.2) is 37.4 Å². The quantitative estimate of drug-likeness (QED) is 0.804. The van der Waals surface area contributed by atoms with Crippen molar-refractivity contribution in [3.63, 3.8) is 0 Å². The first-order chi connectivity index (χ1) is 9.43. The van der Waals surface area contributed by atoms with Crippen LogP contribution >= 0.6 is 11.6 Å². The molecular formula is C15H17ClN2O2. The molecule has 1 unspecified atom stereocenters. The van der Waals surface area contributed by atoms with Gasteiger partial charge in [0, 0.05) is 38.0 Å². The van der Waals surface area contributed by atoms with E-state index in [-0.39, 0.29) is 17.7 Å². The lowest BCUT2D eigenvalue weighted by Gasteiger charge is -2.21. The first-order valence-electron chi connectivity index (χ1n) is 6.38. The molecule has 5 heteroatoms. The van der Waals surface area contributed by atoms with Gasteiger partial charge in [0.1, 0.15) is 0 Å². The number of carbonyl (C=O) groups is 2. The zero-order valence-electron chi connectivity index (χ0n) is 11.6. The van der Waals surface area contributed by atoms with Gasteiger partial charge in [-0.1, -0.05) is 17.7 Å². The fourth-order valence-electron chi connectivity index (χ4n) is 2.28. The van der Waals surface area contributed by atoms with Crippen LogP contribution in [0, 0.1) is 5.92 Å². The Kier molecular flexibility index (Phi) is 4.14. The summed E-state index contributed by atoms with van der Waals surface area (Å²) in [6, 6.07) is 4.99. The average Bonchev–Trinajstić information content (AvgIpc) is 2.79. The molecule has 2 amide bonds. The van der Waals surface area contributed by atoms with Gasteiger partial charge in [-0.15, -0.1) is 6.58 Å². The third-order valence-electron chi connectivity index (χ3n) is 3.38. The molecule has 4 nitrogen and oxygen atoms in total. The summed E-state index contributed by atoms with van der Waals surface area (Å²) in [6.07, 6.45) is 2.20. The molecule has 1 aliphatic heterocycles. The molecule has 1 atom stereocenters. The molecule has 0 bridgehead atoms. The fraction of sp³-hybridized carbons (Fsp3) is 0.333. The van der Waals surface area contributed by atoms with E-state index in [0.29, 0.717) is 29.2 Å². The van der Waals surface area contributed by atoms with Crippen LogP contribution in [0.4, 0.5) is 5.69 Å². The van der Waals surface area contributed by atoms with Crippen molar-refractivity contribution in [2.24, 2.45) is 5.92 Å². The van der Waals surface area contributed by atoms with Crippen molar-refractivity contribution in [1.29, 1.82) is 0 Å². The van der Waals surface area contributed by atoms with Crippen molar-refractivity contribution in [3.8, 4) is 0 Å². The van der Waals surface area contributed by atoms with E-state index in [0.717, 1.165) is 0 Å². The second-order valence-corrected chi connectivity index (χ2v) is 5.50. The van der Waals surface area contributed by atoms with Gasteiger partial charge in [0.2, 0.25) is 5.91 Å². The topological polar surface area (TPSA) is 40.6 Å². The summed E-state index contributed by atoms with van der Waals surface area (Å²) in [7, 11) is 3.36. The van der Waals surface area contributed by atoms with Crippen LogP contribution in [0.15, 0.2) is 30.9 Å². The number of hydrogen-bond acceptors (Lipinski definition) is 2. The Morgan fingerprint density at radius 3 is 2.75 bits per heavy atom. The Labute approximate surface area is 123 Å². The lowest BCUT2D eigenvalue weighted by molar-refractivity contribution is -0.117. The van der Waals surface area contributed by atoms with Crippen molar-refractivity contribution < 1.29 is 9.59 Å². The molecule has 1 aromatic rings. The Morgan fingerprint density at radius 1 is 1.50 bits per heavy atom. The predicted octanol–water partition coefficient (Wildman–Crippen LogP) is 2.58. The second-order valence-electron chi connectivity index (χ2n) is 5.07. The summed E-state index contributed by atoms with van der Waals surface area (Å²) in [6.45, 7) is 4.27. The second kappa shape index (κ2) is 5.67. The van der Waals surface area contributed by atoms with Gasteiger partial charge in [-0.3, -0.25) is 9.59 Å². The predicted molar refractivity (Wildman–Crippen MR) is 80.1 cm³/mol. The van der Waals surface area contributed by atoms with Crippen LogP contribution < -0.4 is 4.90 Å². The highest BCUT2D eigenvalue weighted by Gasteiger charge is 2.31. The van der Waals surface area contributed by atoms with Gasteiger partial charge >= 0.3 is 0 Å². The number of rotatable bonds is 3. The summed E-state index contributed by atoms with van der Waals surface area (Å²) >= 11 is 6.01. The molecule has 20 heavy (non-hydrogen) atoms. The monoisotopic (exact) mass is 292 g/mol. The number of anilines is 1. The van der Waals surface area contributed by atoms with E-state index in [2.05, 4.69) is 6.58 Å². The Balaban J connectivity index is 2.45. The third kappa shape index (κ3) is 2.70. The van der Waals surface area contributed by atoms with E-state index in [1.54, 1.807) is 43.3 Å². The van der Waals surface area contributed by atoms with Crippen LogP contribution in [0.2, 0.25) is 5.02 Å². The molecule has 1 fully saturated rings. The summed E-state index contributed by atoms with van der Waals surface area (Å²) in [5, 5.41) is 0.505. The molecule has 106 valence electrons. The molecule has 1 saturated heterocycles. The van der Waals surface area contributed by atoms with E-state index < -0.39 is 0 Å². The lowest BCUT2D eigenvalue weighted by atomic mass is 10.1. The van der Waals surface area contributed by atoms with E-state index in [4.69, 9.17) is 11.6 Å². The first kappa shape index (κ1) is 14.6. The zero-order chi connectivity index (χ0) is 14.9. The minimum absolute atomic E-state index is 0.00928. The summed E-state index contributed by atoms with van der Waals surface area (Å²) in [4.78, 5) is 27.4. The van der Waals surface area contributed by atoms with Crippen LogP contribution in [0.5, 0.6) is 0 Å². The number of amides is 2. The standard InChI is InChI=1S/C15H17ClN2O2/c1-4-10-7-14(19)18(9-10)13-8-11(16)5-6-12(13)15(20)17(2)3/h4-6,8,10H,1,7,9H2,2-3H3. The van der Waals surface area contributed by atoms with Crippen molar-refractivity contribution in [3.05, 3.63) is 41.4 Å². The average molecular weight is 293 g/mol. The van der Waals surface area contributed by atoms with Crippen molar-refractivity contribution in [2.45, 2.75) is 6.42 Å². The third-order valence-corrected chi connectivity index (χ3v) is 3.61. The van der Waals surface area contributed by atoms with Crippen molar-refractivity contribution in [1.82, 2.24) is 4.90 Å². The maximum absolute atomic E-state index is 12.2. The van der Waals surface area contributed by atoms with E-state index in [1.165, 1.54) is 4.90 Å². The molecule has 1 aromatic carbocycles. The molecule has 1 heterocycles. The van der Waals surface area contributed by atoms with Crippen LogP contribution in [0.25, 0.3) is 0 Å². The minimum atomic E-state index is -0.147. The minimum Gasteiger partial charge on any atom is -0.345 e. The number of halogens is 1. The molecule has 0 radical (unpaired) electrons. The number of nitrogens with zero attached hydrogens (tertiary/aromatic N) is 2. The van der Waals surface area contributed by atoms with Gasteiger partial charge in [-0.2, -0.15) is 0 Å². The summed E-state index contributed by atoms with van der Waals surface area (Å²) in [5.74, 6) is -0.0414. The molecule has 0 aliphatic carbocycles. The Hall–Kier alpha value is -1.81. The molecule has 0 spiro atoms. The van der Waals surface area contributed by atoms with Gasteiger partial charge < -0.3 is 9.80 Å². The van der Waals surface area contributed by atoms with Crippen LogP contribution in [-0.2, 0) is 4.79 Å². The number of carbonyl (C=O) groups excluding carboxylic acids is 2. The van der Waals surface area contributed by atoms with Gasteiger partial charge in [-0.25, -0.2) is 0 Å². The molecule has 0 N–H and O–H groups in total. The summed E-state index contributed by atoms with van der Waals surface area (Å²) < 4.78 is 0. The molecule has 1 aliphatic rings. The lowest BCUT2D eigenvalue weighted by Crippen LogP contribution is -2.29. The SMILES string of the molecule is C=CC1CC(=O)N(c2cc(Cl)ccc2C(=O)N(C)C)C1. The number of hydrogen-bond donors (Lipinski definition) is 0. The highest BCUT2D eigenvalue weighted by molar-refractivity contribution is 6.31. The van der Waals surface area contributed by atoms with E-state index in [9.17, 15) is 9.59 Å². The smallest absolute Gasteiger partial charge is 0.255 e. The largest absolute Gasteiger partial charge is 0.345 e. The first-order valence-corrected chi connectivity index (χ1v) is 6.76. The van der Waals surface area contributed by atoms with Gasteiger partial charge in [0.25, 0.3) is 5.91 Å². The highest BCUT2D eigenvalue weighted by atomic mass is 35.5. The molecule has 2 rings (SSSR count). The van der Waals surface area contributed by atoms with Gasteiger partial charge in [0.05, 0.1) is 11.3 Å². The van der Waals surface area contributed by atoms with Gasteiger partial charge in [-0.05, 0) is 18.2 Å². The van der Waals surface area contributed by atoms with Crippen molar-refractivity contribution in [2.75, 3.05) is 25.5 Å². The Morgan fingerprint density at radius 2 is 2.20 bits per heavy atom. The number of benzene rings is 1. The maximum atomic E-state index is 12.2. The van der Waals surface area contributed by atoms with E-state index >= 15 is 0 Å². The van der Waals surface area contributed by atoms with Crippen molar-refractivity contribution >= 4 is 29.1 Å². The highest BCUT2D eigenvalue weighted by Crippen LogP contribution is 2.31. The van der Waals surface area contributed by atoms with Crippen LogP contribution in [0.3, 0.4) is 0 Å². The Bertz CT molecular complexity index is 569. The van der Waals surface area contributed by atoms with Crippen LogP contribution in [0.1, 0.15) is 16.8 Å². The van der Waals surface area contributed by atoms with Gasteiger partial charge in [0.15, 0.2) is 0 Å². The zero-order valence-corrected chi connectivity index (χ0v) is 12.4. The molecule has 0 aromatic heterocycles. The maximum Gasteiger partial charge on any atom is 0.255 e.